The molecule has 4 nitrogen and oxygen atoms in total. The summed E-state index contributed by atoms with van der Waals surface area (Å²) < 4.78 is 6.02. The summed E-state index contributed by atoms with van der Waals surface area (Å²) in [5.74, 6) is 2.45. The van der Waals surface area contributed by atoms with E-state index < -0.39 is 0 Å². The van der Waals surface area contributed by atoms with Gasteiger partial charge >= 0.3 is 0 Å². The van der Waals surface area contributed by atoms with Gasteiger partial charge in [-0.3, -0.25) is 4.99 Å². The van der Waals surface area contributed by atoms with Gasteiger partial charge in [0.15, 0.2) is 0 Å². The third-order valence-electron chi connectivity index (χ3n) is 4.99. The fraction of sp³-hybridized carbons (Fsp3) is 0.273. The van der Waals surface area contributed by atoms with Gasteiger partial charge in [0.25, 0.3) is 0 Å². The van der Waals surface area contributed by atoms with Crippen LogP contribution in [-0.2, 0) is 0 Å². The number of halogens is 3. The molecule has 0 N–H and O–H groups in total. The van der Waals surface area contributed by atoms with E-state index in [1.165, 1.54) is 0 Å². The van der Waals surface area contributed by atoms with E-state index in [1.807, 2.05) is 36.4 Å². The van der Waals surface area contributed by atoms with Crippen LogP contribution >= 0.6 is 34.8 Å². The molecule has 0 saturated carbocycles. The van der Waals surface area contributed by atoms with Crippen LogP contribution < -0.4 is 4.90 Å². The van der Waals surface area contributed by atoms with Crippen molar-refractivity contribution in [3.05, 3.63) is 80.9 Å². The van der Waals surface area contributed by atoms with Crippen molar-refractivity contribution in [2.75, 3.05) is 4.90 Å². The van der Waals surface area contributed by atoms with Crippen molar-refractivity contribution in [1.82, 2.24) is 4.98 Å². The molecule has 2 atom stereocenters. The number of aliphatic imine (C=N–C) groups is 1. The molecule has 1 aliphatic rings. The first kappa shape index (κ1) is 20.3. The average Bonchev–Trinajstić information content (AvgIpc) is 3.28. The van der Waals surface area contributed by atoms with Crippen LogP contribution in [0.5, 0.6) is 0 Å². The Balaban J connectivity index is 1.82. The van der Waals surface area contributed by atoms with Crippen LogP contribution in [0.2, 0.25) is 15.1 Å². The fourth-order valence-electron chi connectivity index (χ4n) is 3.43. The van der Waals surface area contributed by atoms with Gasteiger partial charge in [0, 0.05) is 27.2 Å². The highest BCUT2D eigenvalue weighted by Gasteiger charge is 2.39. The standard InChI is InChI=1S/C22H20Cl3N3O/c1-12(2)19-11-26-22(29-19)20-13(3)28(16-7-4-14(23)5-8-16)21(27-20)17-9-6-15(24)10-18(17)25/h4-13,20H,1-3H3. The van der Waals surface area contributed by atoms with Gasteiger partial charge in [0.05, 0.1) is 17.3 Å². The lowest BCUT2D eigenvalue weighted by Crippen LogP contribution is -2.36. The van der Waals surface area contributed by atoms with Crippen LogP contribution in [0.15, 0.2) is 58.1 Å². The number of oxazole rings is 1. The van der Waals surface area contributed by atoms with Gasteiger partial charge in [-0.05, 0) is 49.4 Å². The molecule has 1 aliphatic heterocycles. The lowest BCUT2D eigenvalue weighted by molar-refractivity contribution is 0.397. The number of anilines is 1. The Kier molecular flexibility index (Phi) is 5.60. The van der Waals surface area contributed by atoms with Crippen molar-refractivity contribution in [2.24, 2.45) is 4.99 Å². The first-order valence-electron chi connectivity index (χ1n) is 9.39. The van der Waals surface area contributed by atoms with E-state index in [1.54, 1.807) is 12.3 Å². The second-order valence-electron chi connectivity index (χ2n) is 7.36. The monoisotopic (exact) mass is 447 g/mol. The third-order valence-corrected chi connectivity index (χ3v) is 5.79. The molecule has 2 unspecified atom stereocenters. The molecule has 7 heteroatoms. The Labute approximate surface area is 185 Å². The average molecular weight is 449 g/mol. The lowest BCUT2D eigenvalue weighted by Gasteiger charge is -2.27. The van der Waals surface area contributed by atoms with Gasteiger partial charge in [0.2, 0.25) is 5.89 Å². The second kappa shape index (κ2) is 8.02. The van der Waals surface area contributed by atoms with Crippen LogP contribution in [0.25, 0.3) is 0 Å². The van der Waals surface area contributed by atoms with Gasteiger partial charge in [-0.15, -0.1) is 0 Å². The Bertz CT molecular complexity index is 1060. The highest BCUT2D eigenvalue weighted by atomic mass is 35.5. The fourth-order valence-corrected chi connectivity index (χ4v) is 4.05. The maximum atomic E-state index is 6.52. The highest BCUT2D eigenvalue weighted by Crippen LogP contribution is 2.38. The minimum absolute atomic E-state index is 0.0309. The maximum absolute atomic E-state index is 6.52. The summed E-state index contributed by atoms with van der Waals surface area (Å²) in [6.07, 6.45) is 1.78. The first-order valence-corrected chi connectivity index (χ1v) is 10.5. The van der Waals surface area contributed by atoms with Crippen LogP contribution in [0.1, 0.15) is 49.9 Å². The molecule has 2 aromatic carbocycles. The van der Waals surface area contributed by atoms with Gasteiger partial charge in [-0.25, -0.2) is 4.98 Å². The third kappa shape index (κ3) is 3.89. The van der Waals surface area contributed by atoms with Gasteiger partial charge < -0.3 is 9.32 Å². The van der Waals surface area contributed by atoms with E-state index in [0.717, 1.165) is 22.8 Å². The SMILES string of the molecule is CC(C)c1cnc(C2N=C(c3ccc(Cl)cc3Cl)N(c3ccc(Cl)cc3)C2C)o1. The Morgan fingerprint density at radius 1 is 1.00 bits per heavy atom. The zero-order chi connectivity index (χ0) is 20.7. The molecule has 0 radical (unpaired) electrons. The van der Waals surface area contributed by atoms with Gasteiger partial charge in [0.1, 0.15) is 17.6 Å². The summed E-state index contributed by atoms with van der Waals surface area (Å²) in [6, 6.07) is 12.8. The molecule has 0 fully saturated rings. The summed E-state index contributed by atoms with van der Waals surface area (Å²) in [4.78, 5) is 11.6. The van der Waals surface area contributed by atoms with Crippen molar-refractivity contribution in [3.8, 4) is 0 Å². The molecule has 0 bridgehead atoms. The zero-order valence-electron chi connectivity index (χ0n) is 16.2. The zero-order valence-corrected chi connectivity index (χ0v) is 18.5. The number of rotatable bonds is 4. The molecule has 0 aliphatic carbocycles. The van der Waals surface area contributed by atoms with Gasteiger partial charge in [-0.1, -0.05) is 48.7 Å². The summed E-state index contributed by atoms with van der Waals surface area (Å²) >= 11 is 18.7. The predicted octanol–water partition coefficient (Wildman–Crippen LogP) is 7.15. The van der Waals surface area contributed by atoms with Crippen molar-refractivity contribution in [3.63, 3.8) is 0 Å². The normalized spacial score (nSPS) is 19.1. The van der Waals surface area contributed by atoms with Crippen LogP contribution in [0.3, 0.4) is 0 Å². The lowest BCUT2D eigenvalue weighted by atomic mass is 10.1. The minimum atomic E-state index is -0.264. The number of aromatic nitrogens is 1. The molecule has 150 valence electrons. The van der Waals surface area contributed by atoms with E-state index >= 15 is 0 Å². The smallest absolute Gasteiger partial charge is 0.221 e. The minimum Gasteiger partial charge on any atom is -0.443 e. The summed E-state index contributed by atoms with van der Waals surface area (Å²) in [7, 11) is 0. The van der Waals surface area contributed by atoms with Crippen molar-refractivity contribution >= 4 is 46.3 Å². The molecule has 4 rings (SSSR count). The number of amidine groups is 1. The Morgan fingerprint density at radius 2 is 1.69 bits per heavy atom. The van der Waals surface area contributed by atoms with Gasteiger partial charge in [-0.2, -0.15) is 0 Å². The summed E-state index contributed by atoms with van der Waals surface area (Å²) in [6.45, 7) is 6.24. The predicted molar refractivity (Wildman–Crippen MR) is 120 cm³/mol. The first-order chi connectivity index (χ1) is 13.8. The topological polar surface area (TPSA) is 41.6 Å². The highest BCUT2D eigenvalue weighted by molar-refractivity contribution is 6.37. The van der Waals surface area contributed by atoms with E-state index in [9.17, 15) is 0 Å². The van der Waals surface area contributed by atoms with Crippen molar-refractivity contribution < 1.29 is 4.42 Å². The van der Waals surface area contributed by atoms with Crippen LogP contribution in [0.4, 0.5) is 5.69 Å². The number of benzene rings is 2. The molecule has 0 spiro atoms. The van der Waals surface area contributed by atoms with E-state index in [4.69, 9.17) is 44.2 Å². The molecule has 0 amide bonds. The van der Waals surface area contributed by atoms with Crippen LogP contribution in [0, 0.1) is 0 Å². The number of nitrogens with zero attached hydrogens (tertiary/aromatic N) is 3. The number of hydrogen-bond acceptors (Lipinski definition) is 4. The molecular weight excluding hydrogens is 429 g/mol. The Hall–Kier alpha value is -2.01. The second-order valence-corrected chi connectivity index (χ2v) is 8.64. The van der Waals surface area contributed by atoms with Crippen LogP contribution in [-0.4, -0.2) is 16.9 Å². The van der Waals surface area contributed by atoms with Crippen molar-refractivity contribution in [2.45, 2.75) is 38.8 Å². The quantitative estimate of drug-likeness (QED) is 0.425. The maximum Gasteiger partial charge on any atom is 0.221 e. The molecule has 0 saturated heterocycles. The van der Waals surface area contributed by atoms with E-state index in [2.05, 4.69) is 30.7 Å². The largest absolute Gasteiger partial charge is 0.443 e. The summed E-state index contributed by atoms with van der Waals surface area (Å²) in [5, 5.41) is 1.79. The molecular formula is C22H20Cl3N3O. The molecule has 3 aromatic rings. The van der Waals surface area contributed by atoms with E-state index in [0.29, 0.717) is 21.0 Å². The Morgan fingerprint density at radius 3 is 2.31 bits per heavy atom. The molecule has 1 aromatic heterocycles. The number of hydrogen-bond donors (Lipinski definition) is 0. The van der Waals surface area contributed by atoms with E-state index in [-0.39, 0.29) is 18.0 Å². The summed E-state index contributed by atoms with van der Waals surface area (Å²) in [5.41, 5.74) is 1.76. The molecule has 2 heterocycles. The molecule has 29 heavy (non-hydrogen) atoms. The van der Waals surface area contributed by atoms with Crippen molar-refractivity contribution in [1.29, 1.82) is 0 Å².